The second kappa shape index (κ2) is 8.33. The van der Waals surface area contributed by atoms with Crippen LogP contribution in [0.3, 0.4) is 0 Å². The molecule has 0 fully saturated rings. The summed E-state index contributed by atoms with van der Waals surface area (Å²) < 4.78 is 14.3. The maximum atomic E-state index is 6.07. The van der Waals surface area contributed by atoms with Crippen LogP contribution in [0.5, 0.6) is 0 Å². The van der Waals surface area contributed by atoms with Gasteiger partial charge in [-0.25, -0.2) is 4.67 Å². The minimum atomic E-state index is -1.03. The summed E-state index contributed by atoms with van der Waals surface area (Å²) in [6.45, 7) is 6.71. The van der Waals surface area contributed by atoms with Crippen LogP contribution < -0.4 is 0 Å². The summed E-state index contributed by atoms with van der Waals surface area (Å²) in [7, 11) is -1.03. The van der Waals surface area contributed by atoms with Crippen molar-refractivity contribution in [2.24, 2.45) is 0 Å². The number of hydrogen-bond donors (Lipinski definition) is 0. The molecule has 1 unspecified atom stereocenters. The zero-order valence-corrected chi connectivity index (χ0v) is 13.0. The average Bonchev–Trinajstić information content (AvgIpc) is 3.00. The predicted molar refractivity (Wildman–Crippen MR) is 84.2 cm³/mol. The maximum absolute atomic E-state index is 6.07. The third kappa shape index (κ3) is 4.53. The third-order valence-corrected chi connectivity index (χ3v) is 4.87. The van der Waals surface area contributed by atoms with Crippen molar-refractivity contribution in [3.63, 3.8) is 0 Å². The van der Waals surface area contributed by atoms with Gasteiger partial charge in [-0.15, -0.1) is 0 Å². The molecular weight excluding hydrogens is 269 g/mol. The van der Waals surface area contributed by atoms with E-state index in [-0.39, 0.29) is 6.10 Å². The zero-order chi connectivity index (χ0) is 14.2. The highest BCUT2D eigenvalue weighted by molar-refractivity contribution is 7.44. The fourth-order valence-electron chi connectivity index (χ4n) is 1.92. The van der Waals surface area contributed by atoms with Crippen molar-refractivity contribution in [3.05, 3.63) is 60.2 Å². The zero-order valence-electron chi connectivity index (χ0n) is 12.1. The highest BCUT2D eigenvalue weighted by Gasteiger charge is 2.22. The van der Waals surface area contributed by atoms with Gasteiger partial charge in [0.25, 0.3) is 8.53 Å². The summed E-state index contributed by atoms with van der Waals surface area (Å²) in [5.74, 6) is 0. The second-order valence-corrected chi connectivity index (χ2v) is 5.99. The van der Waals surface area contributed by atoms with E-state index in [1.807, 2.05) is 42.5 Å². The largest absolute Gasteiger partial charge is 0.317 e. The lowest BCUT2D eigenvalue weighted by molar-refractivity contribution is 0.192. The van der Waals surface area contributed by atoms with Gasteiger partial charge in [0.15, 0.2) is 0 Å². The lowest BCUT2D eigenvalue weighted by atomic mass is 10.2. The quantitative estimate of drug-likeness (QED) is 0.667. The summed E-state index contributed by atoms with van der Waals surface area (Å²) in [6.07, 6.45) is 8.16. The molecule has 0 aliphatic heterocycles. The first-order valence-corrected chi connectivity index (χ1v) is 8.20. The van der Waals surface area contributed by atoms with Gasteiger partial charge in [0.1, 0.15) is 6.10 Å². The van der Waals surface area contributed by atoms with Crippen LogP contribution in [0, 0.1) is 0 Å². The minimum Gasteiger partial charge on any atom is -0.317 e. The van der Waals surface area contributed by atoms with Gasteiger partial charge in [-0.05, 0) is 5.56 Å². The van der Waals surface area contributed by atoms with E-state index in [0.717, 1.165) is 13.1 Å². The van der Waals surface area contributed by atoms with Gasteiger partial charge in [0.2, 0.25) is 0 Å². The van der Waals surface area contributed by atoms with E-state index >= 15 is 0 Å². The van der Waals surface area contributed by atoms with E-state index in [1.54, 1.807) is 0 Å². The molecule has 0 bridgehead atoms. The van der Waals surface area contributed by atoms with Crippen LogP contribution in [0.2, 0.25) is 0 Å². The molecule has 0 amide bonds. The Bertz CT molecular complexity index is 431. The number of nitrogens with zero attached hydrogens (tertiary/aromatic N) is 1. The molecule has 0 aromatic heterocycles. The molecule has 1 aliphatic carbocycles. The molecule has 0 saturated heterocycles. The summed E-state index contributed by atoms with van der Waals surface area (Å²) in [5.41, 5.74) is 1.17. The first kappa shape index (κ1) is 15.4. The van der Waals surface area contributed by atoms with Crippen molar-refractivity contribution in [3.8, 4) is 0 Å². The van der Waals surface area contributed by atoms with Crippen LogP contribution in [-0.4, -0.2) is 23.9 Å². The fraction of sp³-hybridized carbons (Fsp3) is 0.375. The molecule has 1 atom stereocenters. The van der Waals surface area contributed by atoms with Crippen LogP contribution in [-0.2, 0) is 15.7 Å². The minimum absolute atomic E-state index is 0.0393. The molecule has 4 heteroatoms. The Labute approximate surface area is 122 Å². The summed E-state index contributed by atoms with van der Waals surface area (Å²) >= 11 is 0. The Morgan fingerprint density at radius 3 is 2.30 bits per heavy atom. The lowest BCUT2D eigenvalue weighted by Crippen LogP contribution is -2.21. The Hall–Kier alpha value is -0.990. The normalized spacial score (nSPS) is 16.1. The van der Waals surface area contributed by atoms with Crippen molar-refractivity contribution in [2.45, 2.75) is 26.6 Å². The van der Waals surface area contributed by atoms with Crippen molar-refractivity contribution in [2.75, 3.05) is 13.1 Å². The van der Waals surface area contributed by atoms with E-state index in [9.17, 15) is 0 Å². The lowest BCUT2D eigenvalue weighted by Gasteiger charge is -2.28. The monoisotopic (exact) mass is 291 g/mol. The molecule has 0 saturated carbocycles. The summed E-state index contributed by atoms with van der Waals surface area (Å²) in [4.78, 5) is 0. The van der Waals surface area contributed by atoms with Gasteiger partial charge in [-0.1, -0.05) is 68.5 Å². The van der Waals surface area contributed by atoms with E-state index in [0.29, 0.717) is 6.61 Å². The molecule has 0 radical (unpaired) electrons. The molecule has 108 valence electrons. The molecule has 1 aromatic carbocycles. The molecule has 2 rings (SSSR count). The maximum Gasteiger partial charge on any atom is 0.259 e. The molecule has 3 nitrogen and oxygen atoms in total. The Balaban J connectivity index is 1.94. The van der Waals surface area contributed by atoms with Crippen LogP contribution in [0.25, 0.3) is 0 Å². The van der Waals surface area contributed by atoms with E-state index in [2.05, 4.69) is 30.7 Å². The van der Waals surface area contributed by atoms with E-state index in [1.165, 1.54) is 5.56 Å². The van der Waals surface area contributed by atoms with E-state index < -0.39 is 8.53 Å². The fourth-order valence-corrected chi connectivity index (χ4v) is 3.35. The third-order valence-electron chi connectivity index (χ3n) is 3.07. The highest BCUT2D eigenvalue weighted by atomic mass is 31.2. The van der Waals surface area contributed by atoms with Gasteiger partial charge >= 0.3 is 0 Å². The van der Waals surface area contributed by atoms with Crippen molar-refractivity contribution in [1.29, 1.82) is 0 Å². The van der Waals surface area contributed by atoms with Crippen LogP contribution >= 0.6 is 8.53 Å². The van der Waals surface area contributed by atoms with Crippen LogP contribution in [0.4, 0.5) is 0 Å². The SMILES string of the molecule is CCN(CC)P(OCc1ccccc1)OC1C=CC=C1. The number of hydrogen-bond acceptors (Lipinski definition) is 3. The standard InChI is InChI=1S/C16H22NO2P/c1-3-17(4-2)20(19-16-12-8-9-13-16)18-14-15-10-6-5-7-11-15/h5-13,16H,3-4,14H2,1-2H3. The van der Waals surface area contributed by atoms with Gasteiger partial charge in [-0.3, -0.25) is 0 Å². The number of rotatable bonds is 8. The van der Waals surface area contributed by atoms with Crippen molar-refractivity contribution >= 4 is 8.53 Å². The molecule has 0 N–H and O–H groups in total. The first-order valence-electron chi connectivity index (χ1n) is 7.07. The van der Waals surface area contributed by atoms with Gasteiger partial charge in [0, 0.05) is 13.1 Å². The second-order valence-electron chi connectivity index (χ2n) is 4.48. The van der Waals surface area contributed by atoms with Gasteiger partial charge in [-0.2, -0.15) is 0 Å². The molecular formula is C16H22NO2P. The van der Waals surface area contributed by atoms with Gasteiger partial charge in [0.05, 0.1) is 6.61 Å². The van der Waals surface area contributed by atoms with Crippen molar-refractivity contribution in [1.82, 2.24) is 4.67 Å². The first-order chi connectivity index (χ1) is 9.83. The van der Waals surface area contributed by atoms with E-state index in [4.69, 9.17) is 9.05 Å². The Morgan fingerprint density at radius 1 is 1.05 bits per heavy atom. The summed E-state index contributed by atoms with van der Waals surface area (Å²) in [6, 6.07) is 10.2. The molecule has 1 aliphatic rings. The molecule has 0 spiro atoms. The Morgan fingerprint density at radius 2 is 1.70 bits per heavy atom. The predicted octanol–water partition coefficient (Wildman–Crippen LogP) is 4.28. The number of benzene rings is 1. The molecule has 0 heterocycles. The van der Waals surface area contributed by atoms with Crippen molar-refractivity contribution < 1.29 is 9.05 Å². The topological polar surface area (TPSA) is 21.7 Å². The smallest absolute Gasteiger partial charge is 0.259 e. The van der Waals surface area contributed by atoms with Gasteiger partial charge < -0.3 is 9.05 Å². The van der Waals surface area contributed by atoms with Crippen LogP contribution in [0.15, 0.2) is 54.6 Å². The Kier molecular flexibility index (Phi) is 6.41. The highest BCUT2D eigenvalue weighted by Crippen LogP contribution is 2.45. The molecule has 1 aromatic rings. The summed E-state index contributed by atoms with van der Waals surface area (Å²) in [5, 5.41) is 0. The number of allylic oxidation sites excluding steroid dienone is 2. The molecule has 20 heavy (non-hydrogen) atoms. The average molecular weight is 291 g/mol. The van der Waals surface area contributed by atoms with Crippen LogP contribution in [0.1, 0.15) is 19.4 Å².